The van der Waals surface area contributed by atoms with Crippen molar-refractivity contribution in [2.45, 2.75) is 32.2 Å². The Labute approximate surface area is 121 Å². The molecule has 4 nitrogen and oxygen atoms in total. The summed E-state index contributed by atoms with van der Waals surface area (Å²) in [5.41, 5.74) is -0.819. The molecule has 1 saturated heterocycles. The highest BCUT2D eigenvalue weighted by Gasteiger charge is 2.36. The van der Waals surface area contributed by atoms with E-state index in [0.717, 1.165) is 15.6 Å². The summed E-state index contributed by atoms with van der Waals surface area (Å²) in [6.45, 7) is 4.59. The van der Waals surface area contributed by atoms with Crippen LogP contribution >= 0.6 is 22.9 Å². The number of carbonyl (C=O) groups is 2. The van der Waals surface area contributed by atoms with Crippen LogP contribution in [0.25, 0.3) is 0 Å². The molecule has 2 rings (SSSR count). The van der Waals surface area contributed by atoms with E-state index in [4.69, 9.17) is 11.6 Å². The minimum atomic E-state index is -0.819. The number of thiophene rings is 1. The highest BCUT2D eigenvalue weighted by Crippen LogP contribution is 2.22. The van der Waals surface area contributed by atoms with Crippen LogP contribution in [0.3, 0.4) is 0 Å². The molecule has 6 heteroatoms. The number of nitrogens with zero attached hydrogens (tertiary/aromatic N) is 1. The van der Waals surface area contributed by atoms with Crippen molar-refractivity contribution in [3.63, 3.8) is 0 Å². The van der Waals surface area contributed by atoms with Crippen molar-refractivity contribution in [1.82, 2.24) is 10.2 Å². The average molecular weight is 301 g/mol. The Bertz CT molecular complexity index is 499. The summed E-state index contributed by atoms with van der Waals surface area (Å²) < 4.78 is 0.759. The molecule has 0 spiro atoms. The van der Waals surface area contributed by atoms with Crippen molar-refractivity contribution >= 4 is 34.8 Å². The smallest absolute Gasteiger partial charge is 0.247 e. The van der Waals surface area contributed by atoms with Crippen molar-refractivity contribution in [3.05, 3.63) is 21.3 Å². The highest BCUT2D eigenvalue weighted by atomic mass is 35.5. The van der Waals surface area contributed by atoms with Gasteiger partial charge < -0.3 is 10.2 Å². The maximum atomic E-state index is 12.3. The lowest BCUT2D eigenvalue weighted by atomic mass is 10.0. The number of amides is 2. The maximum Gasteiger partial charge on any atom is 0.247 e. The number of carbonyl (C=O) groups excluding carboxylic acids is 2. The molecule has 0 unspecified atom stereocenters. The van der Waals surface area contributed by atoms with E-state index in [2.05, 4.69) is 5.32 Å². The molecule has 0 aliphatic carbocycles. The molecule has 1 aliphatic rings. The Morgan fingerprint density at radius 3 is 2.79 bits per heavy atom. The van der Waals surface area contributed by atoms with Crippen LogP contribution in [0.15, 0.2) is 12.1 Å². The van der Waals surface area contributed by atoms with E-state index in [1.807, 2.05) is 12.1 Å². The van der Waals surface area contributed by atoms with Crippen molar-refractivity contribution in [2.24, 2.45) is 0 Å². The molecule has 0 aromatic carbocycles. The third kappa shape index (κ3) is 3.48. The molecule has 0 radical (unpaired) electrons. The Kier molecular flexibility index (Phi) is 4.16. The van der Waals surface area contributed by atoms with Crippen molar-refractivity contribution in [1.29, 1.82) is 0 Å². The van der Waals surface area contributed by atoms with Gasteiger partial charge in [-0.2, -0.15) is 0 Å². The molecular formula is C13H17ClN2O2S. The molecule has 1 fully saturated rings. The Morgan fingerprint density at radius 1 is 1.42 bits per heavy atom. The van der Waals surface area contributed by atoms with Crippen LogP contribution in [-0.4, -0.2) is 35.3 Å². The molecule has 0 bridgehead atoms. The average Bonchev–Trinajstić information content (AvgIpc) is 2.69. The maximum absolute atomic E-state index is 12.3. The summed E-state index contributed by atoms with van der Waals surface area (Å²) >= 11 is 7.41. The second kappa shape index (κ2) is 5.51. The van der Waals surface area contributed by atoms with E-state index in [9.17, 15) is 9.59 Å². The first-order chi connectivity index (χ1) is 8.88. The zero-order valence-electron chi connectivity index (χ0n) is 11.0. The molecule has 1 aromatic heterocycles. The first-order valence-corrected chi connectivity index (χ1v) is 7.42. The van der Waals surface area contributed by atoms with E-state index < -0.39 is 5.54 Å². The predicted molar refractivity (Wildman–Crippen MR) is 76.5 cm³/mol. The van der Waals surface area contributed by atoms with Gasteiger partial charge in [-0.15, -0.1) is 11.3 Å². The van der Waals surface area contributed by atoms with Gasteiger partial charge in [-0.25, -0.2) is 0 Å². The van der Waals surface area contributed by atoms with E-state index in [-0.39, 0.29) is 11.8 Å². The summed E-state index contributed by atoms with van der Waals surface area (Å²) in [6, 6.07) is 3.84. The van der Waals surface area contributed by atoms with Crippen LogP contribution < -0.4 is 5.32 Å². The number of halogens is 1. The van der Waals surface area contributed by atoms with Crippen molar-refractivity contribution in [2.75, 3.05) is 13.1 Å². The van der Waals surface area contributed by atoms with Crippen LogP contribution in [0.5, 0.6) is 0 Å². The lowest BCUT2D eigenvalue weighted by Gasteiger charge is -2.28. The molecule has 1 N–H and O–H groups in total. The quantitative estimate of drug-likeness (QED) is 0.929. The van der Waals surface area contributed by atoms with Gasteiger partial charge in [-0.1, -0.05) is 11.6 Å². The summed E-state index contributed by atoms with van der Waals surface area (Å²) in [6.07, 6.45) is 1.13. The van der Waals surface area contributed by atoms with Gasteiger partial charge in [0, 0.05) is 24.4 Å². The summed E-state index contributed by atoms with van der Waals surface area (Å²) in [5, 5.41) is 2.75. The van der Waals surface area contributed by atoms with E-state index >= 15 is 0 Å². The number of hydrogen-bond donors (Lipinski definition) is 1. The van der Waals surface area contributed by atoms with Gasteiger partial charge in [0.1, 0.15) is 5.54 Å². The third-order valence-electron chi connectivity index (χ3n) is 3.14. The van der Waals surface area contributed by atoms with Gasteiger partial charge in [-0.05, 0) is 32.4 Å². The molecular weight excluding hydrogens is 284 g/mol. The first kappa shape index (κ1) is 14.3. The van der Waals surface area contributed by atoms with Crippen LogP contribution in [0.1, 0.15) is 25.1 Å². The molecule has 2 amide bonds. The normalized spacial score (nSPS) is 19.2. The predicted octanol–water partition coefficient (Wildman–Crippen LogP) is 2.07. The number of hydrogen-bond acceptors (Lipinski definition) is 3. The number of nitrogens with one attached hydrogen (secondary N) is 1. The fourth-order valence-electron chi connectivity index (χ4n) is 2.14. The van der Waals surface area contributed by atoms with E-state index in [1.165, 1.54) is 11.3 Å². The lowest BCUT2D eigenvalue weighted by Crippen LogP contribution is -2.53. The standard InChI is InChI=1S/C13H17ClN2O2S/c1-13(2)12(18)16(8-6-11(17)15-13)7-5-9-3-4-10(14)19-9/h3-4H,5-8H2,1-2H3,(H,15,17). The van der Waals surface area contributed by atoms with Crippen molar-refractivity contribution in [3.8, 4) is 0 Å². The zero-order valence-corrected chi connectivity index (χ0v) is 12.6. The topological polar surface area (TPSA) is 49.4 Å². The molecule has 104 valence electrons. The SMILES string of the molecule is CC1(C)NC(=O)CCN(CCc2ccc(Cl)s2)C1=O. The molecule has 0 atom stereocenters. The Morgan fingerprint density at radius 2 is 2.16 bits per heavy atom. The van der Waals surface area contributed by atoms with E-state index in [1.54, 1.807) is 18.7 Å². The second-order valence-corrected chi connectivity index (χ2v) is 6.97. The molecule has 1 aliphatic heterocycles. The largest absolute Gasteiger partial charge is 0.342 e. The van der Waals surface area contributed by atoms with Gasteiger partial charge in [0.2, 0.25) is 11.8 Å². The van der Waals surface area contributed by atoms with Gasteiger partial charge in [-0.3, -0.25) is 9.59 Å². The summed E-state index contributed by atoms with van der Waals surface area (Å²) in [4.78, 5) is 26.8. The Balaban J connectivity index is 2.02. The minimum absolute atomic E-state index is 0.0268. The van der Waals surface area contributed by atoms with Crippen LogP contribution in [0.2, 0.25) is 4.34 Å². The molecule has 0 saturated carbocycles. The second-order valence-electron chi connectivity index (χ2n) is 5.17. The van der Waals surface area contributed by atoms with Crippen LogP contribution in [0, 0.1) is 0 Å². The van der Waals surface area contributed by atoms with Crippen LogP contribution in [-0.2, 0) is 16.0 Å². The monoisotopic (exact) mass is 300 g/mol. The zero-order chi connectivity index (χ0) is 14.0. The highest BCUT2D eigenvalue weighted by molar-refractivity contribution is 7.16. The van der Waals surface area contributed by atoms with Gasteiger partial charge >= 0.3 is 0 Å². The lowest BCUT2D eigenvalue weighted by molar-refractivity contribution is -0.137. The van der Waals surface area contributed by atoms with Crippen molar-refractivity contribution < 1.29 is 9.59 Å². The third-order valence-corrected chi connectivity index (χ3v) is 4.43. The fourth-order valence-corrected chi connectivity index (χ4v) is 3.22. The molecule has 19 heavy (non-hydrogen) atoms. The summed E-state index contributed by atoms with van der Waals surface area (Å²) in [7, 11) is 0. The van der Waals surface area contributed by atoms with Crippen LogP contribution in [0.4, 0.5) is 0 Å². The van der Waals surface area contributed by atoms with Gasteiger partial charge in [0.05, 0.1) is 4.34 Å². The first-order valence-electron chi connectivity index (χ1n) is 6.23. The number of rotatable bonds is 3. The molecule has 2 heterocycles. The Hall–Kier alpha value is -1.07. The minimum Gasteiger partial charge on any atom is -0.342 e. The van der Waals surface area contributed by atoms with Gasteiger partial charge in [0.25, 0.3) is 0 Å². The van der Waals surface area contributed by atoms with E-state index in [0.29, 0.717) is 19.5 Å². The fraction of sp³-hybridized carbons (Fsp3) is 0.538. The summed E-state index contributed by atoms with van der Waals surface area (Å²) in [5.74, 6) is -0.0963. The molecule has 1 aromatic rings. The van der Waals surface area contributed by atoms with Gasteiger partial charge in [0.15, 0.2) is 0 Å².